The van der Waals surface area contributed by atoms with Gasteiger partial charge in [-0.15, -0.1) is 0 Å². The van der Waals surface area contributed by atoms with Crippen LogP contribution in [0.1, 0.15) is 36.3 Å². The molecule has 0 aliphatic heterocycles. The SMILES string of the molecule is C=C(C#N)CNc1c(OC)ccc2ccc(-c3ccnc(C=O)n3)cc12.CNC1CCC(N(C)CCOC)CC1. The zero-order valence-corrected chi connectivity index (χ0v) is 23.9. The van der Waals surface area contributed by atoms with Gasteiger partial charge in [-0.1, -0.05) is 24.8 Å². The molecule has 0 amide bonds. The van der Waals surface area contributed by atoms with Gasteiger partial charge in [0.1, 0.15) is 5.75 Å². The lowest BCUT2D eigenvalue weighted by atomic mass is 9.90. The molecule has 0 spiro atoms. The summed E-state index contributed by atoms with van der Waals surface area (Å²) in [6.07, 6.45) is 7.46. The molecule has 3 aromatic rings. The van der Waals surface area contributed by atoms with Gasteiger partial charge in [0.05, 0.1) is 31.2 Å². The van der Waals surface area contributed by atoms with Crippen LogP contribution in [0, 0.1) is 11.3 Å². The molecule has 2 aromatic carbocycles. The minimum atomic E-state index is 0.136. The van der Waals surface area contributed by atoms with Gasteiger partial charge in [0.2, 0.25) is 0 Å². The van der Waals surface area contributed by atoms with Gasteiger partial charge in [0, 0.05) is 55.0 Å². The quantitative estimate of drug-likeness (QED) is 0.262. The smallest absolute Gasteiger partial charge is 0.193 e. The van der Waals surface area contributed by atoms with E-state index in [-0.39, 0.29) is 5.82 Å². The molecular formula is C31H40N6O3. The van der Waals surface area contributed by atoms with Crippen molar-refractivity contribution in [1.29, 1.82) is 5.26 Å². The highest BCUT2D eigenvalue weighted by Crippen LogP contribution is 2.35. The predicted molar refractivity (Wildman–Crippen MR) is 160 cm³/mol. The number of nitrogens with one attached hydrogen (secondary N) is 2. The van der Waals surface area contributed by atoms with Crippen LogP contribution in [-0.2, 0) is 4.74 Å². The largest absolute Gasteiger partial charge is 0.495 e. The second-order valence-electron chi connectivity index (χ2n) is 9.83. The third kappa shape index (κ3) is 8.33. The summed E-state index contributed by atoms with van der Waals surface area (Å²) < 4.78 is 10.5. The van der Waals surface area contributed by atoms with Crippen molar-refractivity contribution >= 4 is 22.7 Å². The van der Waals surface area contributed by atoms with Gasteiger partial charge in [-0.25, -0.2) is 9.97 Å². The molecular weight excluding hydrogens is 504 g/mol. The number of carbonyl (C=O) groups is 1. The number of nitriles is 1. The molecule has 9 heteroatoms. The maximum Gasteiger partial charge on any atom is 0.193 e. The number of fused-ring (bicyclic) bond motifs is 1. The van der Waals surface area contributed by atoms with Crippen molar-refractivity contribution in [2.45, 2.75) is 37.8 Å². The van der Waals surface area contributed by atoms with Crippen LogP contribution in [0.5, 0.6) is 5.75 Å². The number of benzene rings is 2. The van der Waals surface area contributed by atoms with Crippen molar-refractivity contribution in [3.63, 3.8) is 0 Å². The van der Waals surface area contributed by atoms with Gasteiger partial charge in [-0.3, -0.25) is 4.79 Å². The molecule has 1 fully saturated rings. The standard InChI is InChI=1S/C20H16N4O2.C11H24N2O/c1-13(10-21)11-23-20-16-9-15(17-7-8-22-19(12-25)24-17)4-3-14(16)5-6-18(20)26-2;1-12-10-4-6-11(7-5-10)13(2)8-9-14-3/h3-9,12,23H,1,11H2,2H3;10-12H,4-9H2,1-3H3. The Hall–Kier alpha value is -3.84. The Labute approximate surface area is 237 Å². The van der Waals surface area contributed by atoms with Crippen molar-refractivity contribution in [2.75, 3.05) is 53.3 Å². The van der Waals surface area contributed by atoms with E-state index in [1.165, 1.54) is 25.7 Å². The van der Waals surface area contributed by atoms with Gasteiger partial charge < -0.3 is 25.0 Å². The zero-order chi connectivity index (χ0) is 28.9. The Morgan fingerprint density at radius 3 is 2.60 bits per heavy atom. The molecule has 9 nitrogen and oxygen atoms in total. The molecule has 1 aliphatic carbocycles. The molecule has 4 rings (SSSR count). The molecule has 0 radical (unpaired) electrons. The number of aldehydes is 1. The highest BCUT2D eigenvalue weighted by atomic mass is 16.5. The van der Waals surface area contributed by atoms with Crippen LogP contribution in [0.2, 0.25) is 0 Å². The van der Waals surface area contributed by atoms with Crippen LogP contribution >= 0.6 is 0 Å². The molecule has 1 aliphatic rings. The summed E-state index contributed by atoms with van der Waals surface area (Å²) in [5, 5.41) is 17.4. The molecule has 1 heterocycles. The Morgan fingerprint density at radius 1 is 1.20 bits per heavy atom. The van der Waals surface area contributed by atoms with Gasteiger partial charge in [-0.05, 0) is 63.4 Å². The Bertz CT molecular complexity index is 1310. The number of carbonyl (C=O) groups excluding carboxylic acids is 1. The van der Waals surface area contributed by atoms with Crippen molar-refractivity contribution in [1.82, 2.24) is 20.2 Å². The number of anilines is 1. The average molecular weight is 545 g/mol. The van der Waals surface area contributed by atoms with E-state index in [2.05, 4.69) is 46.2 Å². The minimum Gasteiger partial charge on any atom is -0.495 e. The fourth-order valence-electron chi connectivity index (χ4n) is 4.86. The first-order valence-electron chi connectivity index (χ1n) is 13.5. The topological polar surface area (TPSA) is 112 Å². The molecule has 0 saturated heterocycles. The van der Waals surface area contributed by atoms with E-state index < -0.39 is 0 Å². The third-order valence-corrected chi connectivity index (χ3v) is 7.29. The summed E-state index contributed by atoms with van der Waals surface area (Å²) in [7, 11) is 7.64. The molecule has 40 heavy (non-hydrogen) atoms. The highest BCUT2D eigenvalue weighted by molar-refractivity contribution is 5.99. The van der Waals surface area contributed by atoms with Crippen LogP contribution in [-0.4, -0.2) is 81.2 Å². The molecule has 212 valence electrons. The second-order valence-corrected chi connectivity index (χ2v) is 9.83. The normalized spacial score (nSPS) is 16.5. The summed E-state index contributed by atoms with van der Waals surface area (Å²) >= 11 is 0. The van der Waals surface area contributed by atoms with Crippen LogP contribution in [0.25, 0.3) is 22.0 Å². The van der Waals surface area contributed by atoms with Crippen molar-refractivity contribution in [2.24, 2.45) is 0 Å². The summed E-state index contributed by atoms with van der Waals surface area (Å²) in [4.78, 5) is 21.5. The Kier molecular flexibility index (Phi) is 12.0. The number of aromatic nitrogens is 2. The minimum absolute atomic E-state index is 0.136. The fraction of sp³-hybridized carbons (Fsp3) is 0.419. The maximum atomic E-state index is 10.9. The summed E-state index contributed by atoms with van der Waals surface area (Å²) in [5.74, 6) is 0.800. The van der Waals surface area contributed by atoms with E-state index in [0.29, 0.717) is 29.8 Å². The van der Waals surface area contributed by atoms with E-state index in [1.54, 1.807) is 26.5 Å². The predicted octanol–water partition coefficient (Wildman–Crippen LogP) is 4.70. The first kappa shape index (κ1) is 30.7. The number of nitrogens with zero attached hydrogens (tertiary/aromatic N) is 4. The molecule has 1 saturated carbocycles. The number of rotatable bonds is 11. The fourth-order valence-corrected chi connectivity index (χ4v) is 4.86. The number of ether oxygens (including phenoxy) is 2. The monoisotopic (exact) mass is 544 g/mol. The van der Waals surface area contributed by atoms with Gasteiger partial charge in [0.15, 0.2) is 12.1 Å². The average Bonchev–Trinajstić information content (AvgIpc) is 3.02. The lowest BCUT2D eigenvalue weighted by molar-refractivity contribution is 0.111. The van der Waals surface area contributed by atoms with Crippen molar-refractivity contribution < 1.29 is 14.3 Å². The van der Waals surface area contributed by atoms with Gasteiger partial charge >= 0.3 is 0 Å². The lowest BCUT2D eigenvalue weighted by Gasteiger charge is -2.34. The molecule has 0 unspecified atom stereocenters. The molecule has 2 N–H and O–H groups in total. The van der Waals surface area contributed by atoms with E-state index in [0.717, 1.165) is 47.3 Å². The Morgan fingerprint density at radius 2 is 1.95 bits per heavy atom. The Balaban J connectivity index is 0.000000267. The van der Waals surface area contributed by atoms with Crippen LogP contribution in [0.15, 0.2) is 54.7 Å². The van der Waals surface area contributed by atoms with Crippen molar-refractivity contribution in [3.05, 3.63) is 60.6 Å². The second kappa shape index (κ2) is 15.7. The zero-order valence-electron chi connectivity index (χ0n) is 23.9. The lowest BCUT2D eigenvalue weighted by Crippen LogP contribution is -2.40. The van der Waals surface area contributed by atoms with Gasteiger partial charge in [0.25, 0.3) is 0 Å². The number of hydrogen-bond donors (Lipinski definition) is 2. The van der Waals surface area contributed by atoms with E-state index in [1.807, 2.05) is 36.4 Å². The highest BCUT2D eigenvalue weighted by Gasteiger charge is 2.22. The maximum absolute atomic E-state index is 10.9. The third-order valence-electron chi connectivity index (χ3n) is 7.29. The van der Waals surface area contributed by atoms with Crippen LogP contribution in [0.4, 0.5) is 5.69 Å². The number of likely N-dealkylation sites (N-methyl/N-ethyl adjacent to an activating group) is 1. The summed E-state index contributed by atoms with van der Waals surface area (Å²) in [6, 6.07) is 15.0. The van der Waals surface area contributed by atoms with E-state index in [9.17, 15) is 4.79 Å². The molecule has 1 aromatic heterocycles. The molecule has 0 bridgehead atoms. The number of hydrogen-bond acceptors (Lipinski definition) is 9. The summed E-state index contributed by atoms with van der Waals surface area (Å²) in [5.41, 5.74) is 2.69. The van der Waals surface area contributed by atoms with E-state index >= 15 is 0 Å². The van der Waals surface area contributed by atoms with Crippen LogP contribution in [0.3, 0.4) is 0 Å². The van der Waals surface area contributed by atoms with E-state index in [4.69, 9.17) is 14.7 Å². The van der Waals surface area contributed by atoms with Crippen LogP contribution < -0.4 is 15.4 Å². The van der Waals surface area contributed by atoms with Gasteiger partial charge in [-0.2, -0.15) is 5.26 Å². The first-order valence-corrected chi connectivity index (χ1v) is 13.5. The summed E-state index contributed by atoms with van der Waals surface area (Å²) in [6.45, 7) is 5.92. The number of methoxy groups -OCH3 is 2. The molecule has 0 atom stereocenters. The van der Waals surface area contributed by atoms with Crippen molar-refractivity contribution in [3.8, 4) is 23.1 Å². The first-order chi connectivity index (χ1) is 19.4.